The lowest BCUT2D eigenvalue weighted by molar-refractivity contribution is 0.270. The number of aryl methyl sites for hydroxylation is 1. The summed E-state index contributed by atoms with van der Waals surface area (Å²) >= 11 is 0. The third kappa shape index (κ3) is 3.86. The Kier molecular flexibility index (Phi) is 5.90. The molecule has 1 unspecified atom stereocenters. The number of hydrogen-bond acceptors (Lipinski definition) is 2. The molecule has 1 aliphatic heterocycles. The van der Waals surface area contributed by atoms with Crippen molar-refractivity contribution in [3.05, 3.63) is 18.0 Å². The summed E-state index contributed by atoms with van der Waals surface area (Å²) < 4.78 is 1.83. The highest BCUT2D eigenvalue weighted by molar-refractivity contribution is 14.0. The minimum Gasteiger partial charge on any atom is -0.370 e. The van der Waals surface area contributed by atoms with E-state index in [4.69, 9.17) is 5.73 Å². The third-order valence-corrected chi connectivity index (χ3v) is 3.31. The number of nitrogens with two attached hydrogens (primary N) is 1. The van der Waals surface area contributed by atoms with E-state index in [9.17, 15) is 0 Å². The van der Waals surface area contributed by atoms with E-state index in [1.807, 2.05) is 17.8 Å². The van der Waals surface area contributed by atoms with Gasteiger partial charge in [0.15, 0.2) is 5.96 Å². The first kappa shape index (κ1) is 15.3. The van der Waals surface area contributed by atoms with Crippen LogP contribution in [0, 0.1) is 5.92 Å². The molecule has 2 heterocycles. The van der Waals surface area contributed by atoms with E-state index >= 15 is 0 Å². The van der Waals surface area contributed by atoms with Gasteiger partial charge in [0, 0.05) is 26.3 Å². The topological polar surface area (TPSA) is 59.4 Å². The molecule has 0 radical (unpaired) electrons. The number of rotatable bonds is 2. The van der Waals surface area contributed by atoms with Crippen molar-refractivity contribution in [3.8, 4) is 0 Å². The Morgan fingerprint density at radius 2 is 2.39 bits per heavy atom. The van der Waals surface area contributed by atoms with Gasteiger partial charge in [-0.1, -0.05) is 6.92 Å². The van der Waals surface area contributed by atoms with Crippen LogP contribution in [-0.2, 0) is 13.6 Å². The largest absolute Gasteiger partial charge is 0.370 e. The van der Waals surface area contributed by atoms with Crippen LogP contribution >= 0.6 is 24.0 Å². The molecule has 2 N–H and O–H groups in total. The van der Waals surface area contributed by atoms with Gasteiger partial charge in [-0.3, -0.25) is 4.68 Å². The lowest BCUT2D eigenvalue weighted by Gasteiger charge is -2.31. The Hall–Kier alpha value is -0.790. The second kappa shape index (κ2) is 6.96. The van der Waals surface area contributed by atoms with Crippen molar-refractivity contribution < 1.29 is 0 Å². The van der Waals surface area contributed by atoms with Crippen molar-refractivity contribution in [1.29, 1.82) is 0 Å². The molecule has 1 atom stereocenters. The minimum atomic E-state index is 0. The van der Waals surface area contributed by atoms with Gasteiger partial charge in [-0.25, -0.2) is 4.99 Å². The summed E-state index contributed by atoms with van der Waals surface area (Å²) in [6.45, 7) is 4.93. The van der Waals surface area contributed by atoms with E-state index in [0.717, 1.165) is 18.8 Å². The Morgan fingerprint density at radius 3 is 3.00 bits per heavy atom. The first-order valence-corrected chi connectivity index (χ1v) is 6.18. The van der Waals surface area contributed by atoms with Crippen LogP contribution in [-0.4, -0.2) is 33.7 Å². The molecule has 1 aromatic heterocycles. The molecule has 2 rings (SSSR count). The highest BCUT2D eigenvalue weighted by Crippen LogP contribution is 2.15. The average molecular weight is 363 g/mol. The fourth-order valence-electron chi connectivity index (χ4n) is 2.22. The van der Waals surface area contributed by atoms with Crippen LogP contribution in [0.4, 0.5) is 0 Å². The van der Waals surface area contributed by atoms with Crippen LogP contribution < -0.4 is 5.73 Å². The van der Waals surface area contributed by atoms with Gasteiger partial charge in [-0.05, 0) is 24.8 Å². The molecule has 1 aliphatic rings. The molecule has 0 bridgehead atoms. The first-order chi connectivity index (χ1) is 8.16. The van der Waals surface area contributed by atoms with Crippen LogP contribution in [0.25, 0.3) is 0 Å². The van der Waals surface area contributed by atoms with Gasteiger partial charge in [0.1, 0.15) is 0 Å². The van der Waals surface area contributed by atoms with Crippen LogP contribution in [0.2, 0.25) is 0 Å². The van der Waals surface area contributed by atoms with E-state index in [1.54, 1.807) is 6.20 Å². The summed E-state index contributed by atoms with van der Waals surface area (Å²) in [7, 11) is 1.92. The van der Waals surface area contributed by atoms with Gasteiger partial charge in [0.25, 0.3) is 0 Å². The molecular weight excluding hydrogens is 341 g/mol. The van der Waals surface area contributed by atoms with Crippen molar-refractivity contribution in [2.24, 2.45) is 23.7 Å². The zero-order valence-electron chi connectivity index (χ0n) is 11.0. The lowest BCUT2D eigenvalue weighted by atomic mass is 10.0. The predicted molar refractivity (Wildman–Crippen MR) is 83.9 cm³/mol. The van der Waals surface area contributed by atoms with Gasteiger partial charge < -0.3 is 10.6 Å². The molecule has 102 valence electrons. The standard InChI is InChI=1S/C12H21N5.HI/c1-10-4-3-7-17(9-10)12(13)14-8-11-5-6-15-16(11)2;/h5-6,10H,3-4,7-9H2,1-2H3,(H2,13,14);1H. The number of hydrogen-bond donors (Lipinski definition) is 1. The minimum absolute atomic E-state index is 0. The summed E-state index contributed by atoms with van der Waals surface area (Å²) in [6, 6.07) is 1.97. The average Bonchev–Trinajstić information content (AvgIpc) is 2.72. The highest BCUT2D eigenvalue weighted by Gasteiger charge is 2.17. The number of piperidine rings is 1. The molecule has 0 aromatic carbocycles. The molecule has 0 saturated carbocycles. The molecule has 0 spiro atoms. The Labute approximate surface area is 125 Å². The van der Waals surface area contributed by atoms with Gasteiger partial charge in [-0.15, -0.1) is 24.0 Å². The van der Waals surface area contributed by atoms with E-state index in [1.165, 1.54) is 12.8 Å². The van der Waals surface area contributed by atoms with E-state index in [-0.39, 0.29) is 24.0 Å². The van der Waals surface area contributed by atoms with E-state index < -0.39 is 0 Å². The van der Waals surface area contributed by atoms with Gasteiger partial charge in [0.05, 0.1) is 12.2 Å². The molecular formula is C12H22IN5. The third-order valence-electron chi connectivity index (χ3n) is 3.31. The molecule has 1 aromatic rings. The second-order valence-corrected chi connectivity index (χ2v) is 4.81. The zero-order valence-corrected chi connectivity index (χ0v) is 13.4. The van der Waals surface area contributed by atoms with Crippen molar-refractivity contribution in [2.45, 2.75) is 26.3 Å². The SMILES string of the molecule is CC1CCCN(C(N)=NCc2ccnn2C)C1.I. The number of aliphatic imine (C=N–C) groups is 1. The smallest absolute Gasteiger partial charge is 0.191 e. The summed E-state index contributed by atoms with van der Waals surface area (Å²) in [4.78, 5) is 6.63. The van der Waals surface area contributed by atoms with Crippen molar-refractivity contribution in [2.75, 3.05) is 13.1 Å². The van der Waals surface area contributed by atoms with Crippen molar-refractivity contribution in [1.82, 2.24) is 14.7 Å². The van der Waals surface area contributed by atoms with Crippen LogP contribution in [0.3, 0.4) is 0 Å². The Bertz CT molecular complexity index is 401. The summed E-state index contributed by atoms with van der Waals surface area (Å²) in [5.74, 6) is 1.38. The Balaban J connectivity index is 0.00000162. The lowest BCUT2D eigenvalue weighted by Crippen LogP contribution is -2.43. The molecule has 1 saturated heterocycles. The van der Waals surface area contributed by atoms with Crippen LogP contribution in [0.1, 0.15) is 25.5 Å². The number of likely N-dealkylation sites (tertiary alicyclic amines) is 1. The first-order valence-electron chi connectivity index (χ1n) is 6.18. The highest BCUT2D eigenvalue weighted by atomic mass is 127. The normalized spacial score (nSPS) is 20.7. The van der Waals surface area contributed by atoms with Gasteiger partial charge in [0.2, 0.25) is 0 Å². The quantitative estimate of drug-likeness (QED) is 0.493. The molecule has 5 nitrogen and oxygen atoms in total. The van der Waals surface area contributed by atoms with E-state index in [2.05, 4.69) is 21.9 Å². The van der Waals surface area contributed by atoms with Gasteiger partial charge >= 0.3 is 0 Å². The summed E-state index contributed by atoms with van der Waals surface area (Å²) in [5.41, 5.74) is 7.11. The second-order valence-electron chi connectivity index (χ2n) is 4.81. The summed E-state index contributed by atoms with van der Waals surface area (Å²) in [6.07, 6.45) is 4.29. The molecule has 0 amide bonds. The predicted octanol–water partition coefficient (Wildman–Crippen LogP) is 1.58. The number of halogens is 1. The van der Waals surface area contributed by atoms with Crippen molar-refractivity contribution >= 4 is 29.9 Å². The van der Waals surface area contributed by atoms with Crippen molar-refractivity contribution in [3.63, 3.8) is 0 Å². The van der Waals surface area contributed by atoms with E-state index in [0.29, 0.717) is 18.4 Å². The monoisotopic (exact) mass is 363 g/mol. The zero-order chi connectivity index (χ0) is 12.3. The Morgan fingerprint density at radius 1 is 1.61 bits per heavy atom. The maximum atomic E-state index is 6.02. The molecule has 6 heteroatoms. The van der Waals surface area contributed by atoms with Crippen LogP contribution in [0.5, 0.6) is 0 Å². The number of aromatic nitrogens is 2. The molecule has 18 heavy (non-hydrogen) atoms. The molecule has 0 aliphatic carbocycles. The van der Waals surface area contributed by atoms with Crippen LogP contribution in [0.15, 0.2) is 17.3 Å². The fraction of sp³-hybridized carbons (Fsp3) is 0.667. The van der Waals surface area contributed by atoms with Gasteiger partial charge in [-0.2, -0.15) is 5.10 Å². The maximum Gasteiger partial charge on any atom is 0.191 e. The number of nitrogens with zero attached hydrogens (tertiary/aromatic N) is 4. The maximum absolute atomic E-state index is 6.02. The fourth-order valence-corrected chi connectivity index (χ4v) is 2.22. The molecule has 1 fully saturated rings. The summed E-state index contributed by atoms with van der Waals surface area (Å²) in [5, 5.41) is 4.11. The number of guanidine groups is 1.